The van der Waals surface area contributed by atoms with Crippen LogP contribution in [-0.2, 0) is 12.0 Å². The number of nitrogens with two attached hydrogens (primary N) is 1. The fraction of sp³-hybridized carbons (Fsp3) is 0.150. The van der Waals surface area contributed by atoms with Crippen LogP contribution < -0.4 is 11.1 Å². The van der Waals surface area contributed by atoms with Gasteiger partial charge in [0.1, 0.15) is 23.4 Å². The van der Waals surface area contributed by atoms with E-state index in [0.29, 0.717) is 29.1 Å². The predicted octanol–water partition coefficient (Wildman–Crippen LogP) is 2.18. The number of fused-ring (bicyclic) bond motifs is 1. The number of amides is 1. The highest BCUT2D eigenvalue weighted by Crippen LogP contribution is 2.35. The number of carbonyl (C=O) groups is 1. The minimum absolute atomic E-state index is 0.142. The molecule has 144 valence electrons. The molecule has 0 unspecified atom stereocenters. The number of rotatable bonds is 3. The van der Waals surface area contributed by atoms with E-state index in [1.165, 1.54) is 36.5 Å². The summed E-state index contributed by atoms with van der Waals surface area (Å²) in [5.41, 5.74) is 6.23. The maximum absolute atomic E-state index is 14.7. The topological polar surface area (TPSA) is 122 Å². The highest BCUT2D eigenvalue weighted by atomic mass is 19.1. The number of hydrogen-bond acceptors (Lipinski definition) is 6. The molecule has 4 rings (SSSR count). The summed E-state index contributed by atoms with van der Waals surface area (Å²) in [5.74, 6) is -0.0320. The molecule has 0 bridgehead atoms. The summed E-state index contributed by atoms with van der Waals surface area (Å²) in [6, 6.07) is 9.16. The lowest BCUT2D eigenvalue weighted by atomic mass is 9.87. The molecule has 3 heterocycles. The van der Waals surface area contributed by atoms with Crippen LogP contribution >= 0.6 is 0 Å². The van der Waals surface area contributed by atoms with Crippen molar-refractivity contribution in [3.63, 3.8) is 0 Å². The van der Waals surface area contributed by atoms with Crippen LogP contribution in [0.3, 0.4) is 0 Å². The monoisotopic (exact) mass is 389 g/mol. The van der Waals surface area contributed by atoms with Gasteiger partial charge >= 0.3 is 0 Å². The van der Waals surface area contributed by atoms with Gasteiger partial charge in [-0.3, -0.25) is 9.36 Å². The van der Waals surface area contributed by atoms with Gasteiger partial charge in [-0.25, -0.2) is 19.4 Å². The number of anilines is 1. The molecule has 0 radical (unpaired) electrons. The Balaban J connectivity index is 1.63. The van der Waals surface area contributed by atoms with Crippen molar-refractivity contribution in [1.29, 1.82) is 5.26 Å². The Morgan fingerprint density at radius 3 is 2.90 bits per heavy atom. The second-order valence-electron chi connectivity index (χ2n) is 6.83. The molecule has 0 saturated carbocycles. The fourth-order valence-electron chi connectivity index (χ4n) is 3.29. The van der Waals surface area contributed by atoms with Crippen LogP contribution in [0.4, 0.5) is 10.1 Å². The minimum atomic E-state index is -0.969. The van der Waals surface area contributed by atoms with E-state index in [9.17, 15) is 9.18 Å². The predicted molar refractivity (Wildman–Crippen MR) is 104 cm³/mol. The van der Waals surface area contributed by atoms with Crippen molar-refractivity contribution in [1.82, 2.24) is 14.5 Å². The first-order valence-electron chi connectivity index (χ1n) is 8.75. The highest BCUT2D eigenvalue weighted by molar-refractivity contribution is 6.02. The first-order valence-corrected chi connectivity index (χ1v) is 8.75. The number of pyridine rings is 1. The van der Waals surface area contributed by atoms with E-state index in [2.05, 4.69) is 20.3 Å². The molecule has 3 N–H and O–H groups in total. The fourth-order valence-corrected chi connectivity index (χ4v) is 3.29. The van der Waals surface area contributed by atoms with Gasteiger partial charge in [0.25, 0.3) is 5.91 Å². The van der Waals surface area contributed by atoms with E-state index >= 15 is 0 Å². The van der Waals surface area contributed by atoms with E-state index in [1.54, 1.807) is 23.9 Å². The standard InChI is InChI=1S/C20H16FN7O/c1-20(9-17-24-6-7-28(17)19(23)27-20)14-8-13(3-4-15(14)21)26-18(29)16-5-2-12(10-22)11-25-16/h2-8,11H,9H2,1H3,(H2,23,27)(H,26,29)/t20-/m0/s1. The molecule has 0 spiro atoms. The van der Waals surface area contributed by atoms with E-state index in [-0.39, 0.29) is 11.7 Å². The molecule has 0 aliphatic carbocycles. The molecular formula is C20H16FN7O. The van der Waals surface area contributed by atoms with Crippen LogP contribution in [0.25, 0.3) is 0 Å². The molecule has 0 saturated heterocycles. The van der Waals surface area contributed by atoms with E-state index < -0.39 is 17.3 Å². The summed E-state index contributed by atoms with van der Waals surface area (Å²) in [4.78, 5) is 25.1. The zero-order valence-corrected chi connectivity index (χ0v) is 15.4. The number of nitrogens with one attached hydrogen (secondary N) is 1. The normalized spacial score (nSPS) is 17.8. The number of nitriles is 1. The lowest BCUT2D eigenvalue weighted by molar-refractivity contribution is 0.102. The van der Waals surface area contributed by atoms with Gasteiger partial charge in [0.05, 0.1) is 11.1 Å². The number of aliphatic imine (C=N–C) groups is 1. The molecule has 29 heavy (non-hydrogen) atoms. The lowest BCUT2D eigenvalue weighted by Gasteiger charge is -2.31. The third-order valence-corrected chi connectivity index (χ3v) is 4.76. The van der Waals surface area contributed by atoms with Gasteiger partial charge in [-0.05, 0) is 37.3 Å². The van der Waals surface area contributed by atoms with Crippen molar-refractivity contribution in [3.8, 4) is 6.07 Å². The Morgan fingerprint density at radius 1 is 1.34 bits per heavy atom. The summed E-state index contributed by atoms with van der Waals surface area (Å²) in [6.07, 6.45) is 4.98. The van der Waals surface area contributed by atoms with Gasteiger partial charge in [0.2, 0.25) is 5.96 Å². The van der Waals surface area contributed by atoms with Crippen molar-refractivity contribution >= 4 is 17.6 Å². The average Bonchev–Trinajstić information content (AvgIpc) is 3.18. The molecule has 8 nitrogen and oxygen atoms in total. The summed E-state index contributed by atoms with van der Waals surface area (Å²) >= 11 is 0. The second-order valence-corrected chi connectivity index (χ2v) is 6.83. The Morgan fingerprint density at radius 2 is 2.17 bits per heavy atom. The SMILES string of the molecule is C[C@@]1(c2cc(NC(=O)c3ccc(C#N)cn3)ccc2F)Cc2nccn2C(N)=N1. The lowest BCUT2D eigenvalue weighted by Crippen LogP contribution is -2.38. The van der Waals surface area contributed by atoms with Crippen LogP contribution in [0.2, 0.25) is 0 Å². The number of carbonyl (C=O) groups excluding carboxylic acids is 1. The van der Waals surface area contributed by atoms with Crippen molar-refractivity contribution in [2.24, 2.45) is 10.7 Å². The van der Waals surface area contributed by atoms with E-state index in [1.807, 2.05) is 6.07 Å². The first-order chi connectivity index (χ1) is 13.9. The zero-order chi connectivity index (χ0) is 20.6. The summed E-state index contributed by atoms with van der Waals surface area (Å²) in [7, 11) is 0. The molecule has 0 fully saturated rings. The molecule has 3 aromatic rings. The molecule has 9 heteroatoms. The molecule has 1 aliphatic rings. The van der Waals surface area contributed by atoms with Crippen molar-refractivity contribution in [2.45, 2.75) is 18.9 Å². The second kappa shape index (κ2) is 6.83. The van der Waals surface area contributed by atoms with E-state index in [4.69, 9.17) is 11.0 Å². The van der Waals surface area contributed by atoms with Crippen molar-refractivity contribution in [3.05, 3.63) is 77.4 Å². The maximum Gasteiger partial charge on any atom is 0.274 e. The van der Waals surface area contributed by atoms with Crippen LogP contribution in [0.15, 0.2) is 53.9 Å². The third kappa shape index (κ3) is 3.32. The number of nitrogens with zero attached hydrogens (tertiary/aromatic N) is 5. The van der Waals surface area contributed by atoms with E-state index in [0.717, 1.165) is 0 Å². The number of imidazole rings is 1. The average molecular weight is 389 g/mol. The molecule has 1 aromatic carbocycles. The first kappa shape index (κ1) is 18.3. The number of aromatic nitrogens is 3. The van der Waals surface area contributed by atoms with Crippen LogP contribution in [0, 0.1) is 17.1 Å². The highest BCUT2D eigenvalue weighted by Gasteiger charge is 2.35. The van der Waals surface area contributed by atoms with Gasteiger partial charge in [0, 0.05) is 36.3 Å². The molecule has 1 amide bonds. The van der Waals surface area contributed by atoms with Gasteiger partial charge in [-0.1, -0.05) is 0 Å². The van der Waals surface area contributed by atoms with Gasteiger partial charge in [0.15, 0.2) is 0 Å². The number of hydrogen-bond donors (Lipinski definition) is 2. The molecule has 1 aliphatic heterocycles. The Hall–Kier alpha value is -4.06. The van der Waals surface area contributed by atoms with Gasteiger partial charge < -0.3 is 11.1 Å². The van der Waals surface area contributed by atoms with Crippen LogP contribution in [-0.4, -0.2) is 26.4 Å². The largest absolute Gasteiger partial charge is 0.369 e. The Labute approximate surface area is 165 Å². The molecular weight excluding hydrogens is 373 g/mol. The summed E-state index contributed by atoms with van der Waals surface area (Å²) in [6.45, 7) is 1.77. The van der Waals surface area contributed by atoms with Crippen LogP contribution in [0.1, 0.15) is 34.4 Å². The molecule has 1 atom stereocenters. The Bertz CT molecular complexity index is 1180. The van der Waals surface area contributed by atoms with Gasteiger partial charge in [-0.15, -0.1) is 0 Å². The molecule has 2 aromatic heterocycles. The quantitative estimate of drug-likeness (QED) is 0.711. The summed E-state index contributed by atoms with van der Waals surface area (Å²) < 4.78 is 16.3. The number of halogens is 1. The summed E-state index contributed by atoms with van der Waals surface area (Å²) in [5, 5.41) is 11.5. The smallest absolute Gasteiger partial charge is 0.274 e. The Kier molecular flexibility index (Phi) is 4.31. The zero-order valence-electron chi connectivity index (χ0n) is 15.4. The minimum Gasteiger partial charge on any atom is -0.369 e. The number of benzene rings is 1. The van der Waals surface area contributed by atoms with Crippen molar-refractivity contribution in [2.75, 3.05) is 5.32 Å². The third-order valence-electron chi connectivity index (χ3n) is 4.76. The van der Waals surface area contributed by atoms with Crippen molar-refractivity contribution < 1.29 is 9.18 Å². The maximum atomic E-state index is 14.7. The van der Waals surface area contributed by atoms with Crippen LogP contribution in [0.5, 0.6) is 0 Å². The van der Waals surface area contributed by atoms with Gasteiger partial charge in [-0.2, -0.15) is 5.26 Å².